The van der Waals surface area contributed by atoms with Crippen molar-refractivity contribution in [3.05, 3.63) is 59.7 Å². The van der Waals surface area contributed by atoms with Gasteiger partial charge in [0.05, 0.1) is 7.11 Å². The highest BCUT2D eigenvalue weighted by Gasteiger charge is 2.29. The van der Waals surface area contributed by atoms with Crippen LogP contribution in [0, 0.1) is 6.92 Å². The molecule has 31 heavy (non-hydrogen) atoms. The van der Waals surface area contributed by atoms with Gasteiger partial charge < -0.3 is 24.3 Å². The van der Waals surface area contributed by atoms with Crippen LogP contribution in [0.15, 0.2) is 48.5 Å². The summed E-state index contributed by atoms with van der Waals surface area (Å²) >= 11 is 0. The van der Waals surface area contributed by atoms with E-state index in [4.69, 9.17) is 4.74 Å². The number of carbonyl (C=O) groups excluding carboxylic acids is 1. The van der Waals surface area contributed by atoms with Crippen LogP contribution < -0.4 is 19.4 Å². The fraction of sp³-hybridized carbons (Fsp3) is 0.480. The molecule has 6 nitrogen and oxygen atoms in total. The summed E-state index contributed by atoms with van der Waals surface area (Å²) in [6.07, 6.45) is 0. The number of rotatable bonds is 6. The van der Waals surface area contributed by atoms with E-state index in [1.807, 2.05) is 6.07 Å². The Morgan fingerprint density at radius 1 is 0.935 bits per heavy atom. The molecule has 2 aromatic carbocycles. The maximum atomic E-state index is 12.9. The van der Waals surface area contributed by atoms with Crippen LogP contribution in [0.2, 0.25) is 0 Å². The molecule has 0 unspecified atom stereocenters. The molecule has 0 aromatic heterocycles. The molecule has 166 valence electrons. The Morgan fingerprint density at radius 3 is 2.29 bits per heavy atom. The number of nitrogens with zero attached hydrogens (tertiary/aromatic N) is 2. The highest BCUT2D eigenvalue weighted by molar-refractivity contribution is 5.77. The van der Waals surface area contributed by atoms with Crippen LogP contribution in [-0.2, 0) is 11.3 Å². The molecule has 2 fully saturated rings. The maximum Gasteiger partial charge on any atom is 0.277 e. The number of quaternary nitrogens is 2. The van der Waals surface area contributed by atoms with Gasteiger partial charge in [-0.3, -0.25) is 4.79 Å². The lowest BCUT2D eigenvalue weighted by Gasteiger charge is -2.37. The van der Waals surface area contributed by atoms with Gasteiger partial charge in [-0.05, 0) is 31.2 Å². The highest BCUT2D eigenvalue weighted by Crippen LogP contribution is 2.18. The van der Waals surface area contributed by atoms with Gasteiger partial charge in [0.25, 0.3) is 5.91 Å². The third-order valence-electron chi connectivity index (χ3n) is 6.70. The Balaban J connectivity index is 1.21. The molecular weight excluding hydrogens is 388 g/mol. The minimum absolute atomic E-state index is 0.312. The molecule has 2 aromatic rings. The summed E-state index contributed by atoms with van der Waals surface area (Å²) in [7, 11) is 1.75. The number of hydrogen-bond donors (Lipinski definition) is 2. The third kappa shape index (κ3) is 5.57. The zero-order chi connectivity index (χ0) is 21.6. The number of ether oxygens (including phenoxy) is 1. The van der Waals surface area contributed by atoms with Crippen LogP contribution in [-0.4, -0.2) is 76.8 Å². The molecule has 6 heteroatoms. The van der Waals surface area contributed by atoms with Crippen molar-refractivity contribution < 1.29 is 19.3 Å². The molecular formula is C25H36N4O2+2. The molecule has 1 amide bonds. The minimum atomic E-state index is 0.312. The summed E-state index contributed by atoms with van der Waals surface area (Å²) in [5, 5.41) is 0. The van der Waals surface area contributed by atoms with Crippen molar-refractivity contribution in [2.75, 3.05) is 70.9 Å². The van der Waals surface area contributed by atoms with Crippen LogP contribution in [0.1, 0.15) is 11.1 Å². The zero-order valence-corrected chi connectivity index (χ0v) is 18.9. The van der Waals surface area contributed by atoms with Crippen molar-refractivity contribution in [1.82, 2.24) is 4.90 Å². The van der Waals surface area contributed by atoms with Crippen LogP contribution in [0.25, 0.3) is 0 Å². The lowest BCUT2D eigenvalue weighted by Crippen LogP contribution is -3.28. The Kier molecular flexibility index (Phi) is 7.10. The lowest BCUT2D eigenvalue weighted by molar-refractivity contribution is -1.02. The van der Waals surface area contributed by atoms with Gasteiger partial charge in [-0.1, -0.05) is 29.8 Å². The van der Waals surface area contributed by atoms with Crippen LogP contribution >= 0.6 is 0 Å². The van der Waals surface area contributed by atoms with Gasteiger partial charge >= 0.3 is 0 Å². The first kappa shape index (κ1) is 21.7. The summed E-state index contributed by atoms with van der Waals surface area (Å²) in [6, 6.07) is 16.9. The Labute approximate surface area is 186 Å². The van der Waals surface area contributed by atoms with Gasteiger partial charge in [0.2, 0.25) is 0 Å². The second-order valence-electron chi connectivity index (χ2n) is 8.87. The van der Waals surface area contributed by atoms with Gasteiger partial charge in [-0.25, -0.2) is 0 Å². The zero-order valence-electron chi connectivity index (χ0n) is 18.9. The average molecular weight is 425 g/mol. The van der Waals surface area contributed by atoms with Gasteiger partial charge in [0.1, 0.15) is 38.5 Å². The smallest absolute Gasteiger partial charge is 0.277 e. The first-order chi connectivity index (χ1) is 15.1. The first-order valence-electron chi connectivity index (χ1n) is 11.5. The SMILES string of the molecule is COc1ccc(C)cc1C[NH+]1CC[NH+](CC(=O)N2CCN(c3ccccc3)CC2)CC1. The number of anilines is 1. The molecule has 0 saturated carbocycles. The minimum Gasteiger partial charge on any atom is -0.496 e. The maximum absolute atomic E-state index is 12.9. The van der Waals surface area contributed by atoms with E-state index in [2.05, 4.69) is 59.2 Å². The third-order valence-corrected chi connectivity index (χ3v) is 6.70. The van der Waals surface area contributed by atoms with Crippen molar-refractivity contribution in [1.29, 1.82) is 0 Å². The van der Waals surface area contributed by atoms with Crippen molar-refractivity contribution >= 4 is 11.6 Å². The van der Waals surface area contributed by atoms with Crippen LogP contribution in [0.4, 0.5) is 5.69 Å². The molecule has 0 aliphatic carbocycles. The van der Waals surface area contributed by atoms with E-state index in [-0.39, 0.29) is 0 Å². The summed E-state index contributed by atoms with van der Waals surface area (Å²) in [6.45, 7) is 11.5. The highest BCUT2D eigenvalue weighted by atomic mass is 16.5. The lowest BCUT2D eigenvalue weighted by atomic mass is 10.1. The summed E-state index contributed by atoms with van der Waals surface area (Å²) in [5.74, 6) is 1.30. The fourth-order valence-corrected chi connectivity index (χ4v) is 4.80. The van der Waals surface area contributed by atoms with E-state index >= 15 is 0 Å². The average Bonchev–Trinajstić information content (AvgIpc) is 2.81. The van der Waals surface area contributed by atoms with E-state index in [1.54, 1.807) is 12.0 Å². The van der Waals surface area contributed by atoms with Crippen molar-refractivity contribution in [2.45, 2.75) is 13.5 Å². The summed E-state index contributed by atoms with van der Waals surface area (Å²) < 4.78 is 5.55. The van der Waals surface area contributed by atoms with Crippen molar-refractivity contribution in [2.24, 2.45) is 0 Å². The normalized spacial score (nSPS) is 21.7. The number of para-hydroxylation sites is 1. The number of carbonyl (C=O) groups is 1. The number of methoxy groups -OCH3 is 1. The molecule has 2 aliphatic rings. The van der Waals surface area contributed by atoms with Gasteiger partial charge in [-0.15, -0.1) is 0 Å². The Morgan fingerprint density at radius 2 is 1.61 bits per heavy atom. The molecule has 2 heterocycles. The largest absolute Gasteiger partial charge is 0.496 e. The van der Waals surface area contributed by atoms with Crippen molar-refractivity contribution in [3.63, 3.8) is 0 Å². The molecule has 2 aliphatic heterocycles. The van der Waals surface area contributed by atoms with E-state index in [0.29, 0.717) is 12.5 Å². The summed E-state index contributed by atoms with van der Waals surface area (Å²) in [5.41, 5.74) is 3.82. The Hall–Kier alpha value is -2.57. The monoisotopic (exact) mass is 424 g/mol. The predicted octanol–water partition coefficient (Wildman–Crippen LogP) is -0.364. The first-order valence-corrected chi connectivity index (χ1v) is 11.5. The second kappa shape index (κ2) is 10.2. The number of amides is 1. The second-order valence-corrected chi connectivity index (χ2v) is 8.87. The van der Waals surface area contributed by atoms with Gasteiger partial charge in [-0.2, -0.15) is 0 Å². The number of piperazine rings is 2. The number of benzene rings is 2. The Bertz CT molecular complexity index is 857. The van der Waals surface area contributed by atoms with Crippen molar-refractivity contribution in [3.8, 4) is 5.75 Å². The molecule has 4 rings (SSSR count). The van der Waals surface area contributed by atoms with Gasteiger partial charge in [0.15, 0.2) is 6.54 Å². The number of hydrogen-bond acceptors (Lipinski definition) is 3. The molecule has 0 radical (unpaired) electrons. The van der Waals surface area contributed by atoms with E-state index in [1.165, 1.54) is 21.7 Å². The number of aryl methyl sites for hydroxylation is 1. The van der Waals surface area contributed by atoms with E-state index in [9.17, 15) is 4.79 Å². The molecule has 2 saturated heterocycles. The number of nitrogens with one attached hydrogen (secondary N) is 2. The predicted molar refractivity (Wildman–Crippen MR) is 123 cm³/mol. The van der Waals surface area contributed by atoms with E-state index in [0.717, 1.165) is 64.7 Å². The van der Waals surface area contributed by atoms with Crippen LogP contribution in [0.5, 0.6) is 5.75 Å². The molecule has 0 spiro atoms. The molecule has 0 atom stereocenters. The standard InChI is InChI=1S/C25H34N4O2/c1-21-8-9-24(31-2)22(18-21)19-26-10-12-27(13-11-26)20-25(30)29-16-14-28(15-17-29)23-6-4-3-5-7-23/h3-9,18H,10-17,19-20H2,1-2H3/p+2. The fourth-order valence-electron chi connectivity index (χ4n) is 4.80. The van der Waals surface area contributed by atoms with E-state index < -0.39 is 0 Å². The topological polar surface area (TPSA) is 41.7 Å². The quantitative estimate of drug-likeness (QED) is 0.665. The summed E-state index contributed by atoms with van der Waals surface area (Å²) in [4.78, 5) is 20.3. The molecule has 2 N–H and O–H groups in total. The van der Waals surface area contributed by atoms with Gasteiger partial charge in [0, 0.05) is 37.4 Å². The van der Waals surface area contributed by atoms with Crippen LogP contribution in [0.3, 0.4) is 0 Å². The molecule has 0 bridgehead atoms.